The molecule has 0 radical (unpaired) electrons. The molecule has 1 heterocycles. The Bertz CT molecular complexity index is 896. The normalized spacial score (nSPS) is 25.5. The van der Waals surface area contributed by atoms with E-state index in [9.17, 15) is 5.11 Å². The van der Waals surface area contributed by atoms with E-state index in [1.807, 2.05) is 32.1 Å². The highest BCUT2D eigenvalue weighted by Crippen LogP contribution is 2.49. The van der Waals surface area contributed by atoms with Crippen LogP contribution in [0.5, 0.6) is 11.5 Å². The lowest BCUT2D eigenvalue weighted by Crippen LogP contribution is -2.52. The molecule has 1 saturated heterocycles. The average molecular weight is 380 g/mol. The van der Waals surface area contributed by atoms with Crippen molar-refractivity contribution in [1.29, 1.82) is 0 Å². The molecule has 3 atom stereocenters. The van der Waals surface area contributed by atoms with Crippen molar-refractivity contribution in [3.05, 3.63) is 48.1 Å². The zero-order valence-corrected chi connectivity index (χ0v) is 16.3. The van der Waals surface area contributed by atoms with Gasteiger partial charge in [0.25, 0.3) is 0 Å². The van der Waals surface area contributed by atoms with Crippen molar-refractivity contribution in [2.45, 2.75) is 43.9 Å². The molecule has 1 aliphatic carbocycles. The van der Waals surface area contributed by atoms with Crippen LogP contribution < -0.4 is 9.47 Å². The summed E-state index contributed by atoms with van der Waals surface area (Å²) in [5.74, 6) is 8.85. The number of hydrogen-bond donors (Lipinski definition) is 1. The summed E-state index contributed by atoms with van der Waals surface area (Å²) < 4.78 is 24.0. The van der Waals surface area contributed by atoms with Crippen molar-refractivity contribution in [1.82, 2.24) is 0 Å². The lowest BCUT2D eigenvalue weighted by molar-refractivity contribution is -0.166. The van der Waals surface area contributed by atoms with Gasteiger partial charge in [0.1, 0.15) is 6.10 Å². The Labute approximate surface area is 165 Å². The first-order valence-corrected chi connectivity index (χ1v) is 9.01. The van der Waals surface area contributed by atoms with Gasteiger partial charge in [-0.2, -0.15) is 0 Å². The fourth-order valence-corrected chi connectivity index (χ4v) is 3.56. The number of rotatable bonds is 5. The van der Waals surface area contributed by atoms with E-state index in [4.69, 9.17) is 25.4 Å². The van der Waals surface area contributed by atoms with Crippen LogP contribution in [0.3, 0.4) is 0 Å². The predicted molar refractivity (Wildman–Crippen MR) is 106 cm³/mol. The van der Waals surface area contributed by atoms with Gasteiger partial charge in [-0.3, -0.25) is 0 Å². The van der Waals surface area contributed by atoms with Crippen LogP contribution in [-0.4, -0.2) is 42.4 Å². The average Bonchev–Trinajstić information content (AvgIpc) is 3.14. The second-order valence-corrected chi connectivity index (χ2v) is 7.08. The number of terminal acetylenes is 1. The number of hydrogen-bond acceptors (Lipinski definition) is 5. The monoisotopic (exact) mass is 380 g/mol. The second-order valence-electron chi connectivity index (χ2n) is 7.08. The molecule has 5 heteroatoms. The second kappa shape index (κ2) is 7.73. The highest BCUT2D eigenvalue weighted by atomic mass is 16.8. The first-order valence-electron chi connectivity index (χ1n) is 9.01. The summed E-state index contributed by atoms with van der Waals surface area (Å²) in [6.45, 7) is 7.17. The van der Waals surface area contributed by atoms with Crippen LogP contribution in [0.4, 0.5) is 0 Å². The third-order valence-electron chi connectivity index (χ3n) is 4.70. The van der Waals surface area contributed by atoms with Gasteiger partial charge in [0.05, 0.1) is 13.7 Å². The number of para-hydroxylation sites is 2. The maximum atomic E-state index is 9.20. The summed E-state index contributed by atoms with van der Waals surface area (Å²) in [6, 6.07) is 7.27. The minimum atomic E-state index is -1.07. The molecular formula is C23H24O5. The molecule has 1 aromatic carbocycles. The maximum absolute atomic E-state index is 9.20. The van der Waals surface area contributed by atoms with E-state index < -0.39 is 17.5 Å². The van der Waals surface area contributed by atoms with Gasteiger partial charge >= 0.3 is 0 Å². The highest BCUT2D eigenvalue weighted by molar-refractivity contribution is 5.50. The summed E-state index contributed by atoms with van der Waals surface area (Å²) in [7, 11) is 1.57. The predicted octanol–water partition coefficient (Wildman–Crippen LogP) is 2.85. The maximum Gasteiger partial charge on any atom is 0.195 e. The van der Waals surface area contributed by atoms with Crippen LogP contribution >= 0.6 is 0 Å². The lowest BCUT2D eigenvalue weighted by Gasteiger charge is -2.34. The van der Waals surface area contributed by atoms with E-state index in [2.05, 4.69) is 24.3 Å². The molecular weight excluding hydrogens is 356 g/mol. The summed E-state index contributed by atoms with van der Waals surface area (Å²) in [4.78, 5) is 0. The Morgan fingerprint density at radius 2 is 2.11 bits per heavy atom. The zero-order valence-electron chi connectivity index (χ0n) is 16.3. The molecule has 3 rings (SSSR count). The molecule has 1 N–H and O–H groups in total. The quantitative estimate of drug-likeness (QED) is 0.796. The minimum absolute atomic E-state index is 0.212. The van der Waals surface area contributed by atoms with Gasteiger partial charge in [-0.25, -0.2) is 0 Å². The van der Waals surface area contributed by atoms with Crippen LogP contribution in [0.25, 0.3) is 0 Å². The van der Waals surface area contributed by atoms with E-state index in [1.54, 1.807) is 19.2 Å². The van der Waals surface area contributed by atoms with Gasteiger partial charge in [0.2, 0.25) is 0 Å². The number of fused-ring (bicyclic) bond motifs is 1. The SMILES string of the molecule is C#C[C@H](Oc1ccccc1OC)[C@]12OC(C)(C)O[C@H]1CC=C2C#CC(=C)CO. The molecule has 0 spiro atoms. The molecule has 5 nitrogen and oxygen atoms in total. The molecule has 2 aliphatic rings. The minimum Gasteiger partial charge on any atom is -0.493 e. The largest absolute Gasteiger partial charge is 0.493 e. The van der Waals surface area contributed by atoms with Crippen molar-refractivity contribution in [2.24, 2.45) is 0 Å². The topological polar surface area (TPSA) is 57.2 Å². The van der Waals surface area contributed by atoms with Gasteiger partial charge in [-0.1, -0.05) is 42.5 Å². The van der Waals surface area contributed by atoms with Crippen LogP contribution in [-0.2, 0) is 9.47 Å². The highest BCUT2D eigenvalue weighted by Gasteiger charge is 2.62. The lowest BCUT2D eigenvalue weighted by atomic mass is 9.87. The Morgan fingerprint density at radius 3 is 2.75 bits per heavy atom. The Balaban J connectivity index is 2.03. The summed E-state index contributed by atoms with van der Waals surface area (Å²) in [6.07, 6.45) is 7.27. The van der Waals surface area contributed by atoms with Crippen LogP contribution in [0.15, 0.2) is 48.1 Å². The molecule has 1 aliphatic heterocycles. The van der Waals surface area contributed by atoms with Crippen molar-refractivity contribution in [2.75, 3.05) is 13.7 Å². The van der Waals surface area contributed by atoms with Gasteiger partial charge in [-0.05, 0) is 32.4 Å². The van der Waals surface area contributed by atoms with Gasteiger partial charge < -0.3 is 24.1 Å². The smallest absolute Gasteiger partial charge is 0.195 e. The van der Waals surface area contributed by atoms with E-state index in [-0.39, 0.29) is 12.7 Å². The van der Waals surface area contributed by atoms with Crippen molar-refractivity contribution in [3.63, 3.8) is 0 Å². The van der Waals surface area contributed by atoms with Crippen molar-refractivity contribution >= 4 is 0 Å². The van der Waals surface area contributed by atoms with E-state index in [0.29, 0.717) is 29.1 Å². The molecule has 146 valence electrons. The molecule has 1 aromatic rings. The van der Waals surface area contributed by atoms with Crippen molar-refractivity contribution in [3.8, 4) is 35.7 Å². The first kappa shape index (κ1) is 20.0. The molecule has 0 bridgehead atoms. The van der Waals surface area contributed by atoms with Crippen molar-refractivity contribution < 1.29 is 24.1 Å². The van der Waals surface area contributed by atoms with Gasteiger partial charge in [0.15, 0.2) is 29.0 Å². The fourth-order valence-electron chi connectivity index (χ4n) is 3.56. The summed E-state index contributed by atoms with van der Waals surface area (Å²) >= 11 is 0. The van der Waals surface area contributed by atoms with Crippen LogP contribution in [0.1, 0.15) is 20.3 Å². The number of ether oxygens (including phenoxy) is 4. The Kier molecular flexibility index (Phi) is 5.54. The Hall–Kier alpha value is -2.70. The van der Waals surface area contributed by atoms with Crippen LogP contribution in [0.2, 0.25) is 0 Å². The summed E-state index contributed by atoms with van der Waals surface area (Å²) in [5, 5.41) is 9.20. The van der Waals surface area contributed by atoms with E-state index >= 15 is 0 Å². The zero-order chi connectivity index (χ0) is 20.4. The third-order valence-corrected chi connectivity index (χ3v) is 4.70. The van der Waals surface area contributed by atoms with Gasteiger partial charge in [0, 0.05) is 11.1 Å². The summed E-state index contributed by atoms with van der Waals surface area (Å²) in [5.41, 5.74) is -0.00178. The Morgan fingerprint density at radius 1 is 1.39 bits per heavy atom. The van der Waals surface area contributed by atoms with E-state index in [0.717, 1.165) is 0 Å². The molecule has 28 heavy (non-hydrogen) atoms. The molecule has 0 unspecified atom stereocenters. The standard InChI is InChI=1S/C23H24O5/c1-6-20(26-19-10-8-7-9-18(19)25-5)23-17(12-11-16(2)15-24)13-14-21(23)27-22(3,4)28-23/h1,7-10,13,20-21,24H,2,14-15H2,3-5H3/t20-,21-,23-/m0/s1. The van der Waals surface area contributed by atoms with E-state index in [1.165, 1.54) is 0 Å². The molecule has 0 amide bonds. The fraction of sp³-hybridized carbons (Fsp3) is 0.391. The number of methoxy groups -OCH3 is 1. The number of aliphatic hydroxyl groups excluding tert-OH is 1. The molecule has 0 aromatic heterocycles. The molecule has 1 fully saturated rings. The third kappa shape index (κ3) is 3.53. The number of benzene rings is 1. The van der Waals surface area contributed by atoms with Crippen LogP contribution in [0, 0.1) is 24.2 Å². The number of aliphatic hydroxyl groups is 1. The first-order chi connectivity index (χ1) is 13.4. The van der Waals surface area contributed by atoms with Gasteiger partial charge in [-0.15, -0.1) is 6.42 Å². The molecule has 0 saturated carbocycles.